The largest absolute Gasteiger partial charge is 0.207 e. The predicted octanol–water partition coefficient (Wildman–Crippen LogP) is 6.99. The molecule has 0 nitrogen and oxygen atoms in total. The van der Waals surface area contributed by atoms with Crippen molar-refractivity contribution < 1.29 is 4.39 Å². The lowest BCUT2D eigenvalue weighted by Crippen LogP contribution is -1.90. The Morgan fingerprint density at radius 3 is 1.11 bits per heavy atom. The van der Waals surface area contributed by atoms with Crippen molar-refractivity contribution in [1.29, 1.82) is 0 Å². The Morgan fingerprint density at radius 1 is 0.429 bits per heavy atom. The zero-order chi connectivity index (χ0) is 19.2. The second-order valence-corrected chi connectivity index (χ2v) is 6.48. The summed E-state index contributed by atoms with van der Waals surface area (Å²) in [6, 6.07) is 37.2. The van der Waals surface area contributed by atoms with Crippen LogP contribution in [0.15, 0.2) is 121 Å². The van der Waals surface area contributed by atoms with Crippen LogP contribution >= 0.6 is 0 Å². The molecule has 28 heavy (non-hydrogen) atoms. The number of rotatable bonds is 4. The highest BCUT2D eigenvalue weighted by Crippen LogP contribution is 2.28. The van der Waals surface area contributed by atoms with Crippen LogP contribution in [0.25, 0.3) is 11.1 Å². The molecule has 4 aromatic carbocycles. The first kappa shape index (κ1) is 17.7. The van der Waals surface area contributed by atoms with Gasteiger partial charge in [-0.2, -0.15) is 0 Å². The van der Waals surface area contributed by atoms with Crippen molar-refractivity contribution >= 4 is 11.1 Å². The fourth-order valence-electron chi connectivity index (χ4n) is 3.18. The van der Waals surface area contributed by atoms with Gasteiger partial charge >= 0.3 is 0 Å². The average Bonchev–Trinajstić information content (AvgIpc) is 2.77. The fraction of sp³-hybridized carbons (Fsp3) is 0. The van der Waals surface area contributed by atoms with Crippen molar-refractivity contribution in [3.05, 3.63) is 149 Å². The van der Waals surface area contributed by atoms with Crippen molar-refractivity contribution in [3.8, 4) is 0 Å². The summed E-state index contributed by atoms with van der Waals surface area (Å²) >= 11 is 0. The lowest BCUT2D eigenvalue weighted by atomic mass is 9.93. The zero-order valence-electron chi connectivity index (χ0n) is 15.3. The van der Waals surface area contributed by atoms with Crippen LogP contribution in [0.5, 0.6) is 0 Å². The van der Waals surface area contributed by atoms with Crippen LogP contribution < -0.4 is 0 Å². The zero-order valence-corrected chi connectivity index (χ0v) is 15.3. The molecule has 0 aliphatic carbocycles. The molecule has 0 radical (unpaired) electrons. The van der Waals surface area contributed by atoms with Gasteiger partial charge < -0.3 is 0 Å². The van der Waals surface area contributed by atoms with E-state index in [0.717, 1.165) is 33.4 Å². The Balaban J connectivity index is 2.04. The molecule has 0 heterocycles. The molecule has 4 aromatic rings. The van der Waals surface area contributed by atoms with Crippen molar-refractivity contribution in [2.75, 3.05) is 0 Å². The van der Waals surface area contributed by atoms with E-state index < -0.39 is 0 Å². The summed E-state index contributed by atoms with van der Waals surface area (Å²) in [5.74, 6) is -0.244. The highest BCUT2D eigenvalue weighted by atomic mass is 19.1. The van der Waals surface area contributed by atoms with Crippen LogP contribution in [0.4, 0.5) is 4.39 Å². The molecular formula is C27H19F. The van der Waals surface area contributed by atoms with Gasteiger partial charge in [0.05, 0.1) is 0 Å². The maximum atomic E-state index is 13.5. The van der Waals surface area contributed by atoms with Crippen molar-refractivity contribution in [2.24, 2.45) is 0 Å². The normalized spacial score (nSPS) is 10.2. The molecule has 0 aliphatic rings. The number of hydrogen-bond donors (Lipinski definition) is 0. The molecule has 0 aromatic heterocycles. The topological polar surface area (TPSA) is 0 Å². The fourth-order valence-corrected chi connectivity index (χ4v) is 3.18. The van der Waals surface area contributed by atoms with E-state index in [1.54, 1.807) is 12.1 Å². The van der Waals surface area contributed by atoms with Crippen LogP contribution in [0.1, 0.15) is 22.3 Å². The Morgan fingerprint density at radius 2 is 0.750 bits per heavy atom. The SMILES string of the molecule is Fc1ccc(C(=C=C(c2ccccc2)c2ccccc2)c2ccccc2)cc1. The second-order valence-electron chi connectivity index (χ2n) is 6.48. The minimum absolute atomic E-state index is 0.244. The molecule has 0 unspecified atom stereocenters. The summed E-state index contributed by atoms with van der Waals surface area (Å²) in [5, 5.41) is 0. The Bertz CT molecular complexity index is 1060. The van der Waals surface area contributed by atoms with Crippen LogP contribution in [-0.2, 0) is 0 Å². The molecule has 0 bridgehead atoms. The average molecular weight is 362 g/mol. The maximum Gasteiger partial charge on any atom is 0.123 e. The van der Waals surface area contributed by atoms with Crippen molar-refractivity contribution in [3.63, 3.8) is 0 Å². The van der Waals surface area contributed by atoms with E-state index in [2.05, 4.69) is 42.1 Å². The molecule has 0 spiro atoms. The number of halogens is 1. The Hall–Kier alpha value is -3.67. The van der Waals surface area contributed by atoms with E-state index in [1.165, 1.54) is 12.1 Å². The third kappa shape index (κ3) is 4.01. The van der Waals surface area contributed by atoms with Crippen LogP contribution in [0.3, 0.4) is 0 Å². The van der Waals surface area contributed by atoms with Gasteiger partial charge in [0, 0.05) is 11.1 Å². The van der Waals surface area contributed by atoms with Crippen LogP contribution in [-0.4, -0.2) is 0 Å². The molecule has 0 saturated carbocycles. The molecule has 0 atom stereocenters. The second kappa shape index (κ2) is 8.35. The summed E-state index contributed by atoms with van der Waals surface area (Å²) in [6.45, 7) is 0. The van der Waals surface area contributed by atoms with E-state index in [-0.39, 0.29) is 5.82 Å². The third-order valence-corrected chi connectivity index (χ3v) is 4.57. The molecule has 1 heteroatoms. The first-order chi connectivity index (χ1) is 13.8. The van der Waals surface area contributed by atoms with E-state index in [9.17, 15) is 4.39 Å². The lowest BCUT2D eigenvalue weighted by molar-refractivity contribution is 0.627. The van der Waals surface area contributed by atoms with Crippen LogP contribution in [0.2, 0.25) is 0 Å². The predicted molar refractivity (Wildman–Crippen MR) is 114 cm³/mol. The molecular weight excluding hydrogens is 343 g/mol. The lowest BCUT2D eigenvalue weighted by Gasteiger charge is -2.10. The third-order valence-electron chi connectivity index (χ3n) is 4.57. The van der Waals surface area contributed by atoms with E-state index in [1.807, 2.05) is 54.6 Å². The molecule has 0 saturated heterocycles. The first-order valence-electron chi connectivity index (χ1n) is 9.24. The van der Waals surface area contributed by atoms with Crippen molar-refractivity contribution in [1.82, 2.24) is 0 Å². The van der Waals surface area contributed by atoms with E-state index >= 15 is 0 Å². The molecule has 0 fully saturated rings. The first-order valence-corrected chi connectivity index (χ1v) is 9.24. The highest BCUT2D eigenvalue weighted by molar-refractivity contribution is 5.88. The van der Waals surface area contributed by atoms with Gasteiger partial charge in [-0.1, -0.05) is 103 Å². The summed E-state index contributed by atoms with van der Waals surface area (Å²) < 4.78 is 13.5. The minimum atomic E-state index is -0.244. The smallest absolute Gasteiger partial charge is 0.123 e. The quantitative estimate of drug-likeness (QED) is 0.343. The van der Waals surface area contributed by atoms with Gasteiger partial charge in [-0.05, 0) is 34.4 Å². The minimum Gasteiger partial charge on any atom is -0.207 e. The molecule has 134 valence electrons. The molecule has 4 rings (SSSR count). The molecule has 0 N–H and O–H groups in total. The van der Waals surface area contributed by atoms with Gasteiger partial charge in [0.15, 0.2) is 0 Å². The van der Waals surface area contributed by atoms with Crippen LogP contribution in [0, 0.1) is 5.82 Å². The van der Waals surface area contributed by atoms with Crippen molar-refractivity contribution in [2.45, 2.75) is 0 Å². The van der Waals surface area contributed by atoms with E-state index in [0.29, 0.717) is 0 Å². The van der Waals surface area contributed by atoms with Gasteiger partial charge in [0.2, 0.25) is 0 Å². The summed E-state index contributed by atoms with van der Waals surface area (Å²) in [4.78, 5) is 0. The van der Waals surface area contributed by atoms with Gasteiger partial charge in [-0.15, -0.1) is 5.73 Å². The standard InChI is InChI=1S/C27H19F/c28-25-18-16-24(17-19-25)27(23-14-8-3-9-15-23)20-26(21-10-4-1-5-11-21)22-12-6-2-7-13-22/h1-19H. The molecule has 0 aliphatic heterocycles. The Labute approximate surface area is 164 Å². The van der Waals surface area contributed by atoms with Gasteiger partial charge in [0.1, 0.15) is 5.82 Å². The van der Waals surface area contributed by atoms with Gasteiger partial charge in [0.25, 0.3) is 0 Å². The summed E-state index contributed by atoms with van der Waals surface area (Å²) in [6.07, 6.45) is 0. The van der Waals surface area contributed by atoms with Gasteiger partial charge in [-0.25, -0.2) is 4.39 Å². The van der Waals surface area contributed by atoms with Gasteiger partial charge in [-0.3, -0.25) is 0 Å². The summed E-state index contributed by atoms with van der Waals surface area (Å²) in [7, 11) is 0. The number of hydrogen-bond acceptors (Lipinski definition) is 0. The Kier molecular flexibility index (Phi) is 5.29. The highest BCUT2D eigenvalue weighted by Gasteiger charge is 2.09. The maximum absolute atomic E-state index is 13.5. The number of benzene rings is 4. The summed E-state index contributed by atoms with van der Waals surface area (Å²) in [5.41, 5.74) is 9.73. The monoisotopic (exact) mass is 362 g/mol. The molecule has 0 amide bonds. The van der Waals surface area contributed by atoms with E-state index in [4.69, 9.17) is 0 Å².